The second-order valence-electron chi connectivity index (χ2n) is 6.68. The van der Waals surface area contributed by atoms with E-state index in [2.05, 4.69) is 44.7 Å². The first-order valence-corrected chi connectivity index (χ1v) is 9.01. The highest BCUT2D eigenvalue weighted by molar-refractivity contribution is 7.75. The van der Waals surface area contributed by atoms with Crippen LogP contribution in [0, 0.1) is 12.3 Å². The third kappa shape index (κ3) is 4.18. The number of fused-ring (bicyclic) bond motifs is 1. The van der Waals surface area contributed by atoms with Gasteiger partial charge < -0.3 is 9.29 Å². The Balaban J connectivity index is 0.000000647. The fraction of sp³-hybridized carbons (Fsp3) is 0.444. The summed E-state index contributed by atoms with van der Waals surface area (Å²) in [5.74, 6) is 0. The molecule has 0 radical (unpaired) electrons. The number of aryl methyl sites for hydroxylation is 1. The molecule has 0 aromatic carbocycles. The zero-order chi connectivity index (χ0) is 17.7. The van der Waals surface area contributed by atoms with Crippen LogP contribution in [0.1, 0.15) is 42.0 Å². The van der Waals surface area contributed by atoms with Crippen LogP contribution >= 0.6 is 24.2 Å². The minimum absolute atomic E-state index is 0.250. The number of hydrogen-bond donors (Lipinski definition) is 2. The molecule has 0 fully saturated rings. The number of aromatic nitrogens is 1. The van der Waals surface area contributed by atoms with Gasteiger partial charge >= 0.3 is 0 Å². The van der Waals surface area contributed by atoms with E-state index < -0.39 is 0 Å². The first-order valence-electron chi connectivity index (χ1n) is 7.83. The van der Waals surface area contributed by atoms with Crippen molar-refractivity contribution in [3.05, 3.63) is 40.0 Å². The highest BCUT2D eigenvalue weighted by Crippen LogP contribution is 2.45. The molecule has 2 heterocycles. The van der Waals surface area contributed by atoms with E-state index in [-0.39, 0.29) is 6.47 Å². The van der Waals surface area contributed by atoms with Crippen molar-refractivity contribution >= 4 is 30.7 Å². The molecule has 0 amide bonds. The fourth-order valence-electron chi connectivity index (χ4n) is 3.14. The Morgan fingerprint density at radius 2 is 2.21 bits per heavy atom. The van der Waals surface area contributed by atoms with Crippen molar-refractivity contribution in [3.63, 3.8) is 0 Å². The van der Waals surface area contributed by atoms with Crippen LogP contribution in [-0.2, 0) is 28.4 Å². The molecule has 2 aromatic heterocycles. The van der Waals surface area contributed by atoms with E-state index >= 15 is 0 Å². The third-order valence-corrected chi connectivity index (χ3v) is 5.93. The van der Waals surface area contributed by atoms with E-state index in [0.29, 0.717) is 12.0 Å². The summed E-state index contributed by atoms with van der Waals surface area (Å²) in [5.41, 5.74) is 5.57. The number of thiophene rings is 1. The second-order valence-corrected chi connectivity index (χ2v) is 8.04. The molecule has 1 N–H and O–H groups in total. The van der Waals surface area contributed by atoms with E-state index in [9.17, 15) is 0 Å². The molecule has 130 valence electrons. The molecule has 0 saturated carbocycles. The van der Waals surface area contributed by atoms with Gasteiger partial charge in [0, 0.05) is 21.5 Å². The second kappa shape index (κ2) is 8.14. The van der Waals surface area contributed by atoms with Crippen LogP contribution in [-0.4, -0.2) is 16.6 Å². The molecule has 2 aromatic rings. The molecule has 0 unspecified atom stereocenters. The molecule has 4 nitrogen and oxygen atoms in total. The van der Waals surface area contributed by atoms with Crippen molar-refractivity contribution in [2.45, 2.75) is 46.6 Å². The van der Waals surface area contributed by atoms with Gasteiger partial charge in [0.25, 0.3) is 6.47 Å². The van der Waals surface area contributed by atoms with Crippen LogP contribution in [0.15, 0.2) is 18.3 Å². The van der Waals surface area contributed by atoms with Gasteiger partial charge in [-0.2, -0.15) is 0 Å². The van der Waals surface area contributed by atoms with Crippen molar-refractivity contribution < 1.29 is 14.1 Å². The maximum absolute atomic E-state index is 8.36. The molecular weight excluding hydrogens is 342 g/mol. The van der Waals surface area contributed by atoms with Gasteiger partial charge in [-0.05, 0) is 61.7 Å². The molecule has 1 aliphatic rings. The van der Waals surface area contributed by atoms with Gasteiger partial charge in [0.05, 0.1) is 5.69 Å². The van der Waals surface area contributed by atoms with Gasteiger partial charge in [-0.25, -0.2) is 0 Å². The van der Waals surface area contributed by atoms with Gasteiger partial charge in [-0.1, -0.05) is 19.9 Å². The van der Waals surface area contributed by atoms with Crippen molar-refractivity contribution in [1.82, 2.24) is 4.98 Å². The number of nitrogens with zero attached hydrogens (tertiary/aromatic N) is 1. The molecule has 0 atom stereocenters. The van der Waals surface area contributed by atoms with Crippen LogP contribution in [0.3, 0.4) is 0 Å². The number of pyridine rings is 1. The smallest absolute Gasteiger partial charge is 0.290 e. The predicted molar refractivity (Wildman–Crippen MR) is 101 cm³/mol. The predicted octanol–water partition coefficient (Wildman–Crippen LogP) is 4.70. The van der Waals surface area contributed by atoms with Crippen molar-refractivity contribution in [1.29, 1.82) is 0 Å². The highest BCUT2D eigenvalue weighted by atomic mass is 32.1. The minimum Gasteiger partial charge on any atom is -0.483 e. The first kappa shape index (κ1) is 19.0. The van der Waals surface area contributed by atoms with Crippen LogP contribution < -0.4 is 0 Å². The highest BCUT2D eigenvalue weighted by Gasteiger charge is 2.29. The molecule has 3 rings (SSSR count). The zero-order valence-corrected chi connectivity index (χ0v) is 15.9. The Labute approximate surface area is 152 Å². The van der Waals surface area contributed by atoms with Gasteiger partial charge in [0.1, 0.15) is 6.61 Å². The Morgan fingerprint density at radius 1 is 1.50 bits per heavy atom. The fourth-order valence-corrected chi connectivity index (χ4v) is 4.63. The number of rotatable bonds is 3. The van der Waals surface area contributed by atoms with E-state index in [4.69, 9.17) is 14.1 Å². The molecule has 1 aliphatic carbocycles. The lowest BCUT2D eigenvalue weighted by Gasteiger charge is -2.29. The lowest BCUT2D eigenvalue weighted by Crippen LogP contribution is -2.21. The lowest BCUT2D eigenvalue weighted by atomic mass is 9.76. The summed E-state index contributed by atoms with van der Waals surface area (Å²) in [4.78, 5) is 15.7. The van der Waals surface area contributed by atoms with Crippen LogP contribution in [0.5, 0.6) is 0 Å². The average Bonchev–Trinajstić information content (AvgIpc) is 2.85. The quantitative estimate of drug-likeness (QED) is 0.470. The van der Waals surface area contributed by atoms with Gasteiger partial charge in [0.2, 0.25) is 0 Å². The van der Waals surface area contributed by atoms with E-state index in [1.165, 1.54) is 35.3 Å². The van der Waals surface area contributed by atoms with Gasteiger partial charge in [-0.15, -0.1) is 11.3 Å². The lowest BCUT2D eigenvalue weighted by molar-refractivity contribution is -0.122. The average molecular weight is 366 g/mol. The Bertz CT molecular complexity index is 710. The Morgan fingerprint density at radius 3 is 2.88 bits per heavy atom. The Hall–Kier alpha value is -1.37. The molecule has 6 heteroatoms. The summed E-state index contributed by atoms with van der Waals surface area (Å²) in [6, 6.07) is 4.14. The number of thiol groups is 1. The summed E-state index contributed by atoms with van der Waals surface area (Å²) >= 11 is 5.81. The summed E-state index contributed by atoms with van der Waals surface area (Å²) in [6.07, 6.45) is 5.48. The zero-order valence-electron chi connectivity index (χ0n) is 14.2. The summed E-state index contributed by atoms with van der Waals surface area (Å²) in [7, 11) is 0. The molecule has 0 spiro atoms. The molecule has 0 bridgehead atoms. The summed E-state index contributed by atoms with van der Waals surface area (Å²) < 4.78 is 5.00. The third-order valence-electron chi connectivity index (χ3n) is 4.38. The van der Waals surface area contributed by atoms with E-state index in [1.54, 1.807) is 10.4 Å². The van der Waals surface area contributed by atoms with Gasteiger partial charge in [0.15, 0.2) is 0 Å². The molecule has 24 heavy (non-hydrogen) atoms. The number of carbonyl (C=O) groups is 1. The molecule has 0 aliphatic heterocycles. The van der Waals surface area contributed by atoms with Crippen LogP contribution in [0.2, 0.25) is 0 Å². The standard InChI is InChI=1S/C17H21NOS2.CH2O2/c1-11-13-9-17(2,3)7-6-15(13)21-16(11)12-5-4-8-18-14(12)10-19-20;2-1-3/h4-5,8,20H,6-7,9-10H2,1-3H3;1H,(H,2,3). The SMILES string of the molecule is Cc1c(-c2cccnc2COS)sc2c1CC(C)(C)CC2.O=CO. The van der Waals surface area contributed by atoms with E-state index in [0.717, 1.165) is 5.69 Å². The first-order chi connectivity index (χ1) is 11.4. The van der Waals surface area contributed by atoms with Crippen molar-refractivity contribution in [2.75, 3.05) is 0 Å². The monoisotopic (exact) mass is 365 g/mol. The maximum atomic E-state index is 8.36. The van der Waals surface area contributed by atoms with Gasteiger partial charge in [-0.3, -0.25) is 9.78 Å². The maximum Gasteiger partial charge on any atom is 0.290 e. The normalized spacial score (nSPS) is 15.2. The Kier molecular flexibility index (Phi) is 6.43. The largest absolute Gasteiger partial charge is 0.483 e. The van der Waals surface area contributed by atoms with Crippen molar-refractivity contribution in [3.8, 4) is 10.4 Å². The van der Waals surface area contributed by atoms with Crippen LogP contribution in [0.4, 0.5) is 0 Å². The number of hydrogen-bond acceptors (Lipinski definition) is 5. The summed E-state index contributed by atoms with van der Waals surface area (Å²) in [6.45, 7) is 7.19. The molecule has 0 saturated heterocycles. The van der Waals surface area contributed by atoms with Crippen LogP contribution in [0.25, 0.3) is 10.4 Å². The van der Waals surface area contributed by atoms with Crippen molar-refractivity contribution in [2.24, 2.45) is 5.41 Å². The minimum atomic E-state index is -0.250. The van der Waals surface area contributed by atoms with E-state index in [1.807, 2.05) is 23.6 Å². The summed E-state index contributed by atoms with van der Waals surface area (Å²) in [5, 5.41) is 6.89. The molecular formula is C18H23NO3S2. The number of carboxylic acid groups (broad SMARTS) is 1. The topological polar surface area (TPSA) is 59.4 Å².